The van der Waals surface area contributed by atoms with Crippen molar-refractivity contribution >= 4 is 5.78 Å². The van der Waals surface area contributed by atoms with Crippen LogP contribution in [0.25, 0.3) is 0 Å². The highest BCUT2D eigenvalue weighted by molar-refractivity contribution is 6.03. The van der Waals surface area contributed by atoms with Gasteiger partial charge in [-0.25, -0.2) is 8.78 Å². The first-order valence-corrected chi connectivity index (χ1v) is 7.04. The molecule has 0 atom stereocenters. The van der Waals surface area contributed by atoms with Crippen LogP contribution >= 0.6 is 0 Å². The van der Waals surface area contributed by atoms with E-state index in [1.807, 2.05) is 19.0 Å². The number of hydrogen-bond donors (Lipinski definition) is 0. The van der Waals surface area contributed by atoms with Crippen molar-refractivity contribution in [2.24, 2.45) is 5.92 Å². The Hall–Kier alpha value is -1.29. The third-order valence-corrected chi connectivity index (χ3v) is 4.56. The Morgan fingerprint density at radius 2 is 1.80 bits per heavy atom. The van der Waals surface area contributed by atoms with Crippen LogP contribution in [0.4, 0.5) is 8.78 Å². The number of benzene rings is 1. The van der Waals surface area contributed by atoms with Crippen molar-refractivity contribution in [1.29, 1.82) is 0 Å². The molecule has 0 spiro atoms. The van der Waals surface area contributed by atoms with Crippen LogP contribution in [0.2, 0.25) is 0 Å². The summed E-state index contributed by atoms with van der Waals surface area (Å²) < 4.78 is 26.4. The first-order chi connectivity index (χ1) is 9.36. The summed E-state index contributed by atoms with van der Waals surface area (Å²) in [6, 6.07) is 3.42. The highest BCUT2D eigenvalue weighted by Crippen LogP contribution is 2.37. The number of hydrogen-bond acceptors (Lipinski definition) is 2. The zero-order chi connectivity index (χ0) is 14.9. The summed E-state index contributed by atoms with van der Waals surface area (Å²) in [6.07, 6.45) is 3.49. The molecule has 20 heavy (non-hydrogen) atoms. The summed E-state index contributed by atoms with van der Waals surface area (Å²) in [5.74, 6) is -1.37. The predicted molar refractivity (Wildman–Crippen MR) is 74.7 cm³/mol. The quantitative estimate of drug-likeness (QED) is 0.788. The Labute approximate surface area is 118 Å². The summed E-state index contributed by atoms with van der Waals surface area (Å²) in [7, 11) is 3.77. The monoisotopic (exact) mass is 281 g/mol. The van der Waals surface area contributed by atoms with Crippen molar-refractivity contribution in [3.8, 4) is 0 Å². The second-order valence-electron chi connectivity index (χ2n) is 6.07. The Balaban J connectivity index is 2.34. The van der Waals surface area contributed by atoms with E-state index in [0.717, 1.165) is 37.8 Å². The van der Waals surface area contributed by atoms with Crippen LogP contribution < -0.4 is 0 Å². The van der Waals surface area contributed by atoms with Gasteiger partial charge in [-0.3, -0.25) is 9.69 Å². The lowest BCUT2D eigenvalue weighted by Gasteiger charge is -2.43. The molecule has 1 aliphatic carbocycles. The minimum absolute atomic E-state index is 0.103. The predicted octanol–water partition coefficient (Wildman–Crippen LogP) is 3.66. The fourth-order valence-corrected chi connectivity index (χ4v) is 3.02. The van der Waals surface area contributed by atoms with E-state index in [1.165, 1.54) is 6.07 Å². The van der Waals surface area contributed by atoms with Gasteiger partial charge in [0, 0.05) is 5.56 Å². The Morgan fingerprint density at radius 1 is 1.20 bits per heavy atom. The first kappa shape index (κ1) is 15.1. The highest BCUT2D eigenvalue weighted by atomic mass is 19.2. The molecule has 0 unspecified atom stereocenters. The Kier molecular flexibility index (Phi) is 4.23. The summed E-state index contributed by atoms with van der Waals surface area (Å²) in [5, 5.41) is 0. The average Bonchev–Trinajstić information content (AvgIpc) is 2.42. The third-order valence-electron chi connectivity index (χ3n) is 4.56. The molecule has 0 saturated heterocycles. The van der Waals surface area contributed by atoms with Crippen LogP contribution in [0, 0.1) is 17.6 Å². The van der Waals surface area contributed by atoms with Gasteiger partial charge in [0.25, 0.3) is 0 Å². The molecule has 0 bridgehead atoms. The Bertz CT molecular complexity index is 505. The average molecular weight is 281 g/mol. The maximum Gasteiger partial charge on any atom is 0.183 e. The van der Waals surface area contributed by atoms with Gasteiger partial charge >= 0.3 is 0 Å². The minimum Gasteiger partial charge on any atom is -0.297 e. The number of likely N-dealkylation sites (N-methyl/N-ethyl adjacent to an activating group) is 1. The molecular formula is C16H21F2NO. The maximum absolute atomic E-state index is 13.4. The second-order valence-corrected chi connectivity index (χ2v) is 6.07. The SMILES string of the molecule is CC1CCC(C(=O)c2ccc(F)c(F)c2)(N(C)C)CC1. The molecular weight excluding hydrogens is 260 g/mol. The molecule has 2 rings (SSSR count). The lowest BCUT2D eigenvalue weighted by Crippen LogP contribution is -2.53. The van der Waals surface area contributed by atoms with Crippen molar-refractivity contribution in [1.82, 2.24) is 4.90 Å². The van der Waals surface area contributed by atoms with E-state index >= 15 is 0 Å². The summed E-state index contributed by atoms with van der Waals surface area (Å²) in [4.78, 5) is 14.7. The highest BCUT2D eigenvalue weighted by Gasteiger charge is 2.43. The molecule has 1 aromatic rings. The van der Waals surface area contributed by atoms with Crippen molar-refractivity contribution in [3.05, 3.63) is 35.4 Å². The molecule has 1 saturated carbocycles. The molecule has 0 aromatic heterocycles. The molecule has 1 aromatic carbocycles. The molecule has 0 aliphatic heterocycles. The number of carbonyl (C=O) groups excluding carboxylic acids is 1. The van der Waals surface area contributed by atoms with Gasteiger partial charge in [0.05, 0.1) is 5.54 Å². The van der Waals surface area contributed by atoms with Crippen molar-refractivity contribution in [2.75, 3.05) is 14.1 Å². The molecule has 110 valence electrons. The lowest BCUT2D eigenvalue weighted by atomic mass is 9.72. The van der Waals surface area contributed by atoms with E-state index in [2.05, 4.69) is 6.92 Å². The zero-order valence-electron chi connectivity index (χ0n) is 12.2. The number of halogens is 2. The molecule has 1 aliphatic rings. The van der Waals surface area contributed by atoms with E-state index in [-0.39, 0.29) is 11.3 Å². The van der Waals surface area contributed by atoms with Gasteiger partial charge in [0.2, 0.25) is 0 Å². The summed E-state index contributed by atoms with van der Waals surface area (Å²) in [6.45, 7) is 2.18. The van der Waals surface area contributed by atoms with Gasteiger partial charge in [-0.1, -0.05) is 6.92 Å². The first-order valence-electron chi connectivity index (χ1n) is 7.04. The normalized spacial score (nSPS) is 26.8. The molecule has 4 heteroatoms. The standard InChI is InChI=1S/C16H21F2NO/c1-11-6-8-16(9-7-11,19(2)3)15(20)12-4-5-13(17)14(18)10-12/h4-5,10-11H,6-9H2,1-3H3. The fraction of sp³-hybridized carbons (Fsp3) is 0.562. The van der Waals surface area contributed by atoms with Crippen molar-refractivity contribution in [3.63, 3.8) is 0 Å². The molecule has 0 amide bonds. The molecule has 0 N–H and O–H groups in total. The maximum atomic E-state index is 13.4. The number of carbonyl (C=O) groups is 1. The van der Waals surface area contributed by atoms with E-state index in [1.54, 1.807) is 0 Å². The smallest absolute Gasteiger partial charge is 0.183 e. The number of ketones is 1. The van der Waals surface area contributed by atoms with Crippen LogP contribution in [0.1, 0.15) is 43.0 Å². The fourth-order valence-electron chi connectivity index (χ4n) is 3.02. The van der Waals surface area contributed by atoms with Gasteiger partial charge in [-0.15, -0.1) is 0 Å². The van der Waals surface area contributed by atoms with E-state index < -0.39 is 17.2 Å². The van der Waals surface area contributed by atoms with Crippen LogP contribution in [-0.4, -0.2) is 30.3 Å². The number of Topliss-reactive ketones (excluding diaryl/α,β-unsaturated/α-hetero) is 1. The van der Waals surface area contributed by atoms with E-state index in [9.17, 15) is 13.6 Å². The summed E-state index contributed by atoms with van der Waals surface area (Å²) in [5.41, 5.74) is -0.330. The minimum atomic E-state index is -0.964. The van der Waals surface area contributed by atoms with Crippen molar-refractivity contribution in [2.45, 2.75) is 38.1 Å². The molecule has 0 heterocycles. The van der Waals surface area contributed by atoms with Crippen LogP contribution in [0.5, 0.6) is 0 Å². The van der Waals surface area contributed by atoms with E-state index in [4.69, 9.17) is 0 Å². The van der Waals surface area contributed by atoms with Gasteiger partial charge in [-0.05, 0) is 63.9 Å². The third kappa shape index (κ3) is 2.62. The van der Waals surface area contributed by atoms with Gasteiger partial charge < -0.3 is 0 Å². The zero-order valence-corrected chi connectivity index (χ0v) is 12.2. The molecule has 1 fully saturated rings. The van der Waals surface area contributed by atoms with Crippen LogP contribution in [-0.2, 0) is 0 Å². The van der Waals surface area contributed by atoms with Crippen molar-refractivity contribution < 1.29 is 13.6 Å². The molecule has 0 radical (unpaired) electrons. The lowest BCUT2D eigenvalue weighted by molar-refractivity contribution is 0.0513. The second kappa shape index (κ2) is 5.60. The largest absolute Gasteiger partial charge is 0.297 e. The Morgan fingerprint density at radius 3 is 2.30 bits per heavy atom. The topological polar surface area (TPSA) is 20.3 Å². The van der Waals surface area contributed by atoms with Crippen LogP contribution in [0.3, 0.4) is 0 Å². The number of rotatable bonds is 3. The van der Waals surface area contributed by atoms with Crippen LogP contribution in [0.15, 0.2) is 18.2 Å². The summed E-state index contributed by atoms with van der Waals surface area (Å²) >= 11 is 0. The number of nitrogens with zero attached hydrogens (tertiary/aromatic N) is 1. The van der Waals surface area contributed by atoms with Gasteiger partial charge in [-0.2, -0.15) is 0 Å². The van der Waals surface area contributed by atoms with Gasteiger partial charge in [0.15, 0.2) is 17.4 Å². The van der Waals surface area contributed by atoms with Gasteiger partial charge in [0.1, 0.15) is 0 Å². The van der Waals surface area contributed by atoms with E-state index in [0.29, 0.717) is 5.92 Å². The molecule has 2 nitrogen and oxygen atoms in total.